The number of anilines is 18. The van der Waals surface area contributed by atoms with Crippen LogP contribution in [0.3, 0.4) is 0 Å². The van der Waals surface area contributed by atoms with Crippen LogP contribution in [0.1, 0.15) is 0 Å². The molecule has 0 bridgehead atoms. The Hall–Kier alpha value is -14.4. The second-order valence-electron chi connectivity index (χ2n) is 30.8. The zero-order chi connectivity index (χ0) is 74.5. The molecule has 0 N–H and O–H groups in total. The highest BCUT2D eigenvalue weighted by molar-refractivity contribution is 7.04. The average molecular weight is 1470 g/mol. The second-order valence-corrected chi connectivity index (χ2v) is 31.2. The molecule has 19 aromatic rings. The molecule has 17 aromatic carbocycles. The summed E-state index contributed by atoms with van der Waals surface area (Å²) >= 11 is 7.95. The van der Waals surface area contributed by atoms with E-state index >= 15 is 0 Å². The molecule has 6 aliphatic heterocycles. The summed E-state index contributed by atoms with van der Waals surface area (Å²) in [5, 5.41) is 5.57. The van der Waals surface area contributed by atoms with Crippen molar-refractivity contribution in [3.05, 3.63) is 393 Å². The van der Waals surface area contributed by atoms with Crippen LogP contribution >= 0.6 is 11.6 Å². The Morgan fingerprint density at radius 1 is 0.202 bits per heavy atom. The molecule has 0 amide bonds. The summed E-state index contributed by atoms with van der Waals surface area (Å²) in [7, 11) is 0. The summed E-state index contributed by atoms with van der Waals surface area (Å²) < 4.78 is 5.19. The molecule has 0 saturated heterocycles. The number of benzene rings is 17. The Bertz CT molecular complexity index is 6730. The molecule has 8 nitrogen and oxygen atoms in total. The van der Waals surface area contributed by atoms with Crippen molar-refractivity contribution in [2.45, 2.75) is 0 Å². The van der Waals surface area contributed by atoms with E-state index in [1.165, 1.54) is 92.8 Å². The molecule has 0 spiro atoms. The molecule has 12 heteroatoms. The van der Waals surface area contributed by atoms with Gasteiger partial charge < -0.3 is 38.5 Å². The summed E-state index contributed by atoms with van der Waals surface area (Å²) in [6.45, 7) is -0.769. The van der Waals surface area contributed by atoms with Crippen molar-refractivity contribution in [1.82, 2.24) is 9.13 Å². The van der Waals surface area contributed by atoms with E-state index in [0.29, 0.717) is 5.02 Å². The molecule has 0 atom stereocenters. The fraction of sp³-hybridized carbons (Fsp3) is 0. The van der Waals surface area contributed by atoms with Gasteiger partial charge in [0.1, 0.15) is 0 Å². The topological polar surface area (TPSA) is 29.3 Å². The van der Waals surface area contributed by atoms with Crippen LogP contribution in [0, 0.1) is 0 Å². The summed E-state index contributed by atoms with van der Waals surface area (Å²) in [5.41, 5.74) is 37.6. The van der Waals surface area contributed by atoms with E-state index in [1.807, 2.05) is 0 Å². The molecular formula is C102H64B3ClN8. The molecule has 0 unspecified atom stereocenters. The van der Waals surface area contributed by atoms with E-state index in [1.54, 1.807) is 0 Å². The minimum Gasteiger partial charge on any atom is -0.311 e. The predicted octanol–water partition coefficient (Wildman–Crippen LogP) is 20.8. The molecule has 0 saturated carbocycles. The summed E-state index contributed by atoms with van der Waals surface area (Å²) in [4.78, 5) is 15.1. The largest absolute Gasteiger partial charge is 0.311 e. The summed E-state index contributed by atoms with van der Waals surface area (Å²) in [6, 6.07) is 145. The van der Waals surface area contributed by atoms with Gasteiger partial charge in [-0.2, -0.15) is 0 Å². The Morgan fingerprint density at radius 3 is 0.798 bits per heavy atom. The molecule has 114 heavy (non-hydrogen) atoms. The first-order valence-electron chi connectivity index (χ1n) is 39.4. The van der Waals surface area contributed by atoms with Gasteiger partial charge >= 0.3 is 0 Å². The van der Waals surface area contributed by atoms with Gasteiger partial charge in [0.2, 0.25) is 0 Å². The van der Waals surface area contributed by atoms with Gasteiger partial charge in [-0.05, 0) is 207 Å². The number of rotatable bonds is 10. The first-order valence-corrected chi connectivity index (χ1v) is 39.7. The van der Waals surface area contributed by atoms with Crippen molar-refractivity contribution >= 4 is 227 Å². The molecular weight excluding hydrogens is 1410 g/mol. The lowest BCUT2D eigenvalue weighted by Crippen LogP contribution is -2.66. The molecule has 2 aromatic heterocycles. The highest BCUT2D eigenvalue weighted by Gasteiger charge is 2.51. The number of para-hydroxylation sites is 12. The molecule has 6 aliphatic rings. The van der Waals surface area contributed by atoms with Gasteiger partial charge in [0.25, 0.3) is 20.1 Å². The minimum atomic E-state index is -0.332. The van der Waals surface area contributed by atoms with Gasteiger partial charge in [0.15, 0.2) is 0 Å². The maximum atomic E-state index is 7.95. The second kappa shape index (κ2) is 24.3. The number of hydrogen-bond acceptors (Lipinski definition) is 6. The van der Waals surface area contributed by atoms with E-state index in [9.17, 15) is 0 Å². The molecule has 528 valence electrons. The van der Waals surface area contributed by atoms with Crippen LogP contribution < -0.4 is 78.6 Å². The van der Waals surface area contributed by atoms with Gasteiger partial charge in [-0.15, -0.1) is 0 Å². The number of nitrogens with zero attached hydrogens (tertiary/aromatic N) is 8. The van der Waals surface area contributed by atoms with E-state index in [0.717, 1.165) is 114 Å². The van der Waals surface area contributed by atoms with E-state index in [-0.39, 0.29) is 20.1 Å². The molecule has 0 aliphatic carbocycles. The fourth-order valence-electron chi connectivity index (χ4n) is 20.6. The van der Waals surface area contributed by atoms with Crippen LogP contribution in [0.15, 0.2) is 388 Å². The van der Waals surface area contributed by atoms with Crippen molar-refractivity contribution in [3.63, 3.8) is 0 Å². The quantitative estimate of drug-likeness (QED) is 0.127. The third kappa shape index (κ3) is 8.92. The maximum Gasteiger partial charge on any atom is 0.252 e. The van der Waals surface area contributed by atoms with Crippen LogP contribution in [-0.2, 0) is 0 Å². The predicted molar refractivity (Wildman–Crippen MR) is 482 cm³/mol. The van der Waals surface area contributed by atoms with Crippen LogP contribution in [0.2, 0.25) is 5.02 Å². The Balaban J connectivity index is 0.808. The standard InChI is InChI=1S/C102H64B3ClN8/c106-65-55-92-98-93(56-65)110(71-41-19-6-20-42-71)91-64-89-83(104-81-52-30-50-79-77-48-26-28-54-87(77)114(102(79)81)97-60-75(58-95(100(97)104)112(89)73-45-23-8-24-46-73)108(68-35-13-3-14-36-68)69-37-15-4-16-38-69)62-85(91)105(98)84-61-82-88(63-90(84)109(92)70-39-17-5-18-40-70)111(72-43-21-7-22-44-72)94-57-74(107(66-31-9-1-10-32-66)67-33-11-2-12-34-67)59-96-99(94)103(82)80-51-29-49-78-76-47-25-27-53-86(76)113(96)101(78)80/h1-64H. The Labute approximate surface area is 665 Å². The summed E-state index contributed by atoms with van der Waals surface area (Å²) in [6.07, 6.45) is 0. The lowest BCUT2D eigenvalue weighted by Gasteiger charge is -2.47. The monoisotopic (exact) mass is 1470 g/mol. The van der Waals surface area contributed by atoms with E-state index < -0.39 is 0 Å². The molecule has 25 rings (SSSR count). The van der Waals surface area contributed by atoms with Gasteiger partial charge in [0.05, 0.1) is 22.4 Å². The first kappa shape index (κ1) is 63.4. The van der Waals surface area contributed by atoms with Crippen LogP contribution in [0.25, 0.3) is 55.0 Å². The van der Waals surface area contributed by atoms with Gasteiger partial charge in [-0.3, -0.25) is 0 Å². The lowest BCUT2D eigenvalue weighted by atomic mass is 9.29. The molecule has 8 heterocycles. The van der Waals surface area contributed by atoms with Crippen molar-refractivity contribution in [2.75, 3.05) is 29.4 Å². The van der Waals surface area contributed by atoms with E-state index in [4.69, 9.17) is 11.6 Å². The average Bonchev–Trinajstić information content (AvgIpc) is 0.843. The summed E-state index contributed by atoms with van der Waals surface area (Å²) in [5.74, 6) is 0. The smallest absolute Gasteiger partial charge is 0.252 e. The SMILES string of the molecule is Clc1cc2c3c(c1)N(c1ccccc1)c1cc4c(cc1B3c1cc3c(cc1N2c1ccccc1)N(c1ccccc1)c1cc(N(c2ccccc2)c2ccccc2)cc2c1B3c1cccc3c5ccccc5n-2c13)B1c2c(cc(N(c3ccccc3)c3ccccc3)cc2-n2c3ccccc3c3cccc1c32)N4c1ccccc1. The zero-order valence-corrected chi connectivity index (χ0v) is 62.4. The lowest BCUT2D eigenvalue weighted by molar-refractivity contribution is 1.16. The number of halogens is 1. The fourth-order valence-corrected chi connectivity index (χ4v) is 20.8. The number of hydrogen-bond donors (Lipinski definition) is 0. The maximum absolute atomic E-state index is 7.95. The third-order valence-electron chi connectivity index (χ3n) is 24.9. The Kier molecular flexibility index (Phi) is 13.5. The highest BCUT2D eigenvalue weighted by atomic mass is 35.5. The van der Waals surface area contributed by atoms with Crippen molar-refractivity contribution in [3.8, 4) is 11.4 Å². The van der Waals surface area contributed by atoms with Crippen LogP contribution in [0.5, 0.6) is 0 Å². The van der Waals surface area contributed by atoms with Gasteiger partial charge in [-0.25, -0.2) is 0 Å². The highest BCUT2D eigenvalue weighted by Crippen LogP contribution is 2.53. The third-order valence-corrected chi connectivity index (χ3v) is 25.1. The Morgan fingerprint density at radius 2 is 0.465 bits per heavy atom. The number of fused-ring (bicyclic) bond motifs is 18. The minimum absolute atomic E-state index is 0.219. The first-order chi connectivity index (χ1) is 56.5. The van der Waals surface area contributed by atoms with Crippen LogP contribution in [-0.4, -0.2) is 29.3 Å². The van der Waals surface area contributed by atoms with Crippen molar-refractivity contribution in [2.24, 2.45) is 0 Å². The van der Waals surface area contributed by atoms with Crippen molar-refractivity contribution < 1.29 is 0 Å². The molecule has 0 fully saturated rings. The number of aromatic nitrogens is 2. The van der Waals surface area contributed by atoms with Gasteiger partial charge in [0, 0.05) is 140 Å². The van der Waals surface area contributed by atoms with E-state index in [2.05, 4.69) is 427 Å². The molecule has 0 radical (unpaired) electrons. The van der Waals surface area contributed by atoms with Crippen LogP contribution in [0.4, 0.5) is 102 Å². The van der Waals surface area contributed by atoms with Crippen molar-refractivity contribution in [1.29, 1.82) is 0 Å². The zero-order valence-electron chi connectivity index (χ0n) is 61.6. The van der Waals surface area contributed by atoms with Gasteiger partial charge in [-0.1, -0.05) is 242 Å². The normalized spacial score (nSPS) is 13.4.